The van der Waals surface area contributed by atoms with Crippen molar-refractivity contribution < 1.29 is 19.4 Å². The Kier molecular flexibility index (Phi) is 6.80. The molecule has 3 rings (SSSR count). The summed E-state index contributed by atoms with van der Waals surface area (Å²) in [5, 5.41) is 21.1. The van der Waals surface area contributed by atoms with E-state index in [4.69, 9.17) is 9.84 Å². The molecule has 0 spiro atoms. The van der Waals surface area contributed by atoms with E-state index in [1.165, 1.54) is 6.07 Å². The summed E-state index contributed by atoms with van der Waals surface area (Å²) in [6, 6.07) is 23.2. The van der Waals surface area contributed by atoms with E-state index in [1.807, 2.05) is 36.4 Å². The van der Waals surface area contributed by atoms with Crippen molar-refractivity contribution in [3.8, 4) is 17.6 Å². The fraction of sp³-hybridized carbons (Fsp3) is 0.125. The summed E-state index contributed by atoms with van der Waals surface area (Å²) >= 11 is 0. The number of carbonyl (C=O) groups excluding carboxylic acids is 1. The van der Waals surface area contributed by atoms with Crippen molar-refractivity contribution in [2.24, 2.45) is 0 Å². The number of hydrogen-bond acceptors (Lipinski definition) is 4. The Morgan fingerprint density at radius 3 is 2.37 bits per heavy atom. The van der Waals surface area contributed by atoms with Gasteiger partial charge in [0.25, 0.3) is 5.91 Å². The molecular weight excluding hydrogens is 380 g/mol. The Balaban J connectivity index is 1.59. The minimum Gasteiger partial charge on any atom is -0.481 e. The number of nitrogens with zero attached hydrogens (tertiary/aromatic N) is 1. The number of nitrogens with one attached hydrogen (secondary N) is 1. The van der Waals surface area contributed by atoms with E-state index in [9.17, 15) is 14.9 Å². The summed E-state index contributed by atoms with van der Waals surface area (Å²) in [6.45, 7) is 0.537. The zero-order valence-corrected chi connectivity index (χ0v) is 16.2. The minimum atomic E-state index is -0.967. The molecule has 6 heteroatoms. The van der Waals surface area contributed by atoms with Crippen LogP contribution in [0, 0.1) is 11.3 Å². The fourth-order valence-electron chi connectivity index (χ4n) is 2.91. The number of amides is 1. The Bertz CT molecular complexity index is 1070. The molecule has 0 aromatic heterocycles. The first-order valence-electron chi connectivity index (χ1n) is 9.40. The lowest BCUT2D eigenvalue weighted by molar-refractivity contribution is -0.136. The van der Waals surface area contributed by atoms with Gasteiger partial charge in [-0.1, -0.05) is 36.4 Å². The molecule has 0 saturated heterocycles. The fourth-order valence-corrected chi connectivity index (χ4v) is 2.91. The van der Waals surface area contributed by atoms with Crippen LogP contribution in [0.5, 0.6) is 11.5 Å². The van der Waals surface area contributed by atoms with Crippen LogP contribution in [0.25, 0.3) is 0 Å². The molecule has 3 aromatic rings. The Labute approximate surface area is 174 Å². The van der Waals surface area contributed by atoms with E-state index in [0.717, 1.165) is 12.0 Å². The molecule has 0 saturated carbocycles. The van der Waals surface area contributed by atoms with Gasteiger partial charge in [0.2, 0.25) is 0 Å². The van der Waals surface area contributed by atoms with E-state index < -0.39 is 5.97 Å². The lowest BCUT2D eigenvalue weighted by Gasteiger charge is -2.10. The van der Waals surface area contributed by atoms with Crippen LogP contribution in [-0.4, -0.2) is 23.5 Å². The smallest absolute Gasteiger partial charge is 0.307 e. The number of rotatable bonds is 8. The average Bonchev–Trinajstić information content (AvgIpc) is 2.75. The third-order valence-electron chi connectivity index (χ3n) is 4.41. The second-order valence-corrected chi connectivity index (χ2v) is 6.63. The summed E-state index contributed by atoms with van der Waals surface area (Å²) < 4.78 is 5.73. The summed E-state index contributed by atoms with van der Waals surface area (Å²) in [5.74, 6) is -0.344. The minimum absolute atomic E-state index is 0.164. The molecule has 0 unspecified atom stereocenters. The molecule has 6 nitrogen and oxygen atoms in total. The maximum Gasteiger partial charge on any atom is 0.307 e. The number of carbonyl (C=O) groups is 2. The highest BCUT2D eigenvalue weighted by atomic mass is 16.5. The maximum absolute atomic E-state index is 12.3. The van der Waals surface area contributed by atoms with Gasteiger partial charge in [0.05, 0.1) is 12.0 Å². The SMILES string of the molecule is N#Cc1cc(CC(=O)O)ccc1Oc1ccc(C(=O)NCCc2ccccc2)cc1. The number of benzene rings is 3. The summed E-state index contributed by atoms with van der Waals surface area (Å²) in [4.78, 5) is 23.1. The molecular formula is C24H20N2O4. The predicted molar refractivity (Wildman–Crippen MR) is 111 cm³/mol. The lowest BCUT2D eigenvalue weighted by Crippen LogP contribution is -2.25. The molecule has 0 heterocycles. The van der Waals surface area contributed by atoms with Crippen LogP contribution in [0.4, 0.5) is 0 Å². The van der Waals surface area contributed by atoms with Gasteiger partial charge in [-0.15, -0.1) is 0 Å². The second-order valence-electron chi connectivity index (χ2n) is 6.63. The van der Waals surface area contributed by atoms with Gasteiger partial charge in [-0.3, -0.25) is 9.59 Å². The van der Waals surface area contributed by atoms with E-state index in [-0.39, 0.29) is 17.9 Å². The quantitative estimate of drug-likeness (QED) is 0.596. The maximum atomic E-state index is 12.3. The highest BCUT2D eigenvalue weighted by molar-refractivity contribution is 5.94. The summed E-state index contributed by atoms with van der Waals surface area (Å²) in [5.41, 5.74) is 2.43. The third kappa shape index (κ3) is 5.69. The number of carboxylic acids is 1. The Morgan fingerprint density at radius 1 is 0.967 bits per heavy atom. The topological polar surface area (TPSA) is 99.4 Å². The average molecular weight is 400 g/mol. The van der Waals surface area contributed by atoms with Crippen molar-refractivity contribution in [1.29, 1.82) is 5.26 Å². The van der Waals surface area contributed by atoms with Crippen LogP contribution < -0.4 is 10.1 Å². The van der Waals surface area contributed by atoms with Gasteiger partial charge in [0, 0.05) is 12.1 Å². The van der Waals surface area contributed by atoms with Gasteiger partial charge in [-0.05, 0) is 53.9 Å². The largest absolute Gasteiger partial charge is 0.481 e. The number of hydrogen-bond donors (Lipinski definition) is 2. The molecule has 30 heavy (non-hydrogen) atoms. The first kappa shape index (κ1) is 20.6. The van der Waals surface area contributed by atoms with Crippen molar-refractivity contribution >= 4 is 11.9 Å². The first-order valence-corrected chi connectivity index (χ1v) is 9.40. The normalized spacial score (nSPS) is 10.1. The van der Waals surface area contributed by atoms with Crippen molar-refractivity contribution in [2.75, 3.05) is 6.54 Å². The van der Waals surface area contributed by atoms with Crippen molar-refractivity contribution in [3.63, 3.8) is 0 Å². The molecule has 0 radical (unpaired) electrons. The molecule has 3 aromatic carbocycles. The second kappa shape index (κ2) is 9.89. The van der Waals surface area contributed by atoms with Crippen LogP contribution in [0.3, 0.4) is 0 Å². The molecule has 0 atom stereocenters. The van der Waals surface area contributed by atoms with Gasteiger partial charge in [0.1, 0.15) is 17.6 Å². The monoisotopic (exact) mass is 400 g/mol. The number of nitriles is 1. The van der Waals surface area contributed by atoms with E-state index in [1.54, 1.807) is 36.4 Å². The van der Waals surface area contributed by atoms with E-state index >= 15 is 0 Å². The van der Waals surface area contributed by atoms with Crippen LogP contribution in [0.15, 0.2) is 72.8 Å². The number of carboxylic acid groups (broad SMARTS) is 1. The molecule has 2 N–H and O–H groups in total. The van der Waals surface area contributed by atoms with Gasteiger partial charge < -0.3 is 15.2 Å². The highest BCUT2D eigenvalue weighted by Gasteiger charge is 2.10. The molecule has 0 aliphatic rings. The number of aliphatic carboxylic acids is 1. The third-order valence-corrected chi connectivity index (χ3v) is 4.41. The molecule has 150 valence electrons. The van der Waals surface area contributed by atoms with E-state index in [0.29, 0.717) is 29.2 Å². The van der Waals surface area contributed by atoms with Crippen LogP contribution in [0.2, 0.25) is 0 Å². The zero-order valence-electron chi connectivity index (χ0n) is 16.2. The van der Waals surface area contributed by atoms with Crippen LogP contribution >= 0.6 is 0 Å². The van der Waals surface area contributed by atoms with Gasteiger partial charge in [0.15, 0.2) is 0 Å². The van der Waals surface area contributed by atoms with Gasteiger partial charge >= 0.3 is 5.97 Å². The molecule has 1 amide bonds. The molecule has 0 aliphatic heterocycles. The predicted octanol–water partition coefficient (Wildman–Crippen LogP) is 3.95. The first-order chi connectivity index (χ1) is 14.5. The van der Waals surface area contributed by atoms with Crippen molar-refractivity contribution in [2.45, 2.75) is 12.8 Å². The summed E-state index contributed by atoms with van der Waals surface area (Å²) in [7, 11) is 0. The Morgan fingerprint density at radius 2 is 1.70 bits per heavy atom. The van der Waals surface area contributed by atoms with Gasteiger partial charge in [-0.25, -0.2) is 0 Å². The zero-order chi connectivity index (χ0) is 21.3. The van der Waals surface area contributed by atoms with Crippen molar-refractivity contribution in [1.82, 2.24) is 5.32 Å². The van der Waals surface area contributed by atoms with E-state index in [2.05, 4.69) is 5.32 Å². The van der Waals surface area contributed by atoms with Gasteiger partial charge in [-0.2, -0.15) is 5.26 Å². The molecule has 0 fully saturated rings. The standard InChI is InChI=1S/C24H20N2O4/c25-16-20-14-18(15-23(27)28)6-11-22(20)30-21-9-7-19(8-10-21)24(29)26-13-12-17-4-2-1-3-5-17/h1-11,14H,12-13,15H2,(H,26,29)(H,27,28). The Hall–Kier alpha value is -4.11. The summed E-state index contributed by atoms with van der Waals surface area (Å²) in [6.07, 6.45) is 0.589. The lowest BCUT2D eigenvalue weighted by atomic mass is 10.1. The van der Waals surface area contributed by atoms with Crippen LogP contribution in [-0.2, 0) is 17.6 Å². The van der Waals surface area contributed by atoms with Crippen LogP contribution in [0.1, 0.15) is 27.0 Å². The molecule has 0 aliphatic carbocycles. The number of ether oxygens (including phenoxy) is 1. The highest BCUT2D eigenvalue weighted by Crippen LogP contribution is 2.26. The molecule has 0 bridgehead atoms. The van der Waals surface area contributed by atoms with Crippen molar-refractivity contribution in [3.05, 3.63) is 95.1 Å².